The van der Waals surface area contributed by atoms with Crippen molar-refractivity contribution in [2.75, 3.05) is 13.2 Å². The monoisotopic (exact) mass is 621 g/mol. The SMILES string of the molecule is Cc1nnc(-c2c(CCc3ccc(F)cc3)nc3c(c2-c2ccc(C(=O)N[C@H]4COc5ccccc54)s2)C(=O)N2CCC[C@H]32)o1. The van der Waals surface area contributed by atoms with Gasteiger partial charge in [0.2, 0.25) is 11.8 Å². The van der Waals surface area contributed by atoms with Crippen LogP contribution < -0.4 is 10.1 Å². The van der Waals surface area contributed by atoms with Gasteiger partial charge >= 0.3 is 0 Å². The average molecular weight is 622 g/mol. The summed E-state index contributed by atoms with van der Waals surface area (Å²) in [5.74, 6) is 0.844. The number of thiophene rings is 1. The van der Waals surface area contributed by atoms with Crippen LogP contribution in [-0.2, 0) is 12.8 Å². The Bertz CT molecular complexity index is 1970. The molecule has 45 heavy (non-hydrogen) atoms. The van der Waals surface area contributed by atoms with Crippen LogP contribution in [0.5, 0.6) is 5.75 Å². The molecule has 3 aliphatic heterocycles. The molecule has 2 atom stereocenters. The van der Waals surface area contributed by atoms with Crippen molar-refractivity contribution in [3.05, 3.63) is 105 Å². The van der Waals surface area contributed by atoms with Crippen molar-refractivity contribution in [2.24, 2.45) is 0 Å². The number of aryl methyl sites for hydroxylation is 3. The van der Waals surface area contributed by atoms with Crippen LogP contribution in [0.4, 0.5) is 4.39 Å². The number of rotatable bonds is 7. The van der Waals surface area contributed by atoms with Gasteiger partial charge in [0.05, 0.1) is 39.5 Å². The Labute approximate surface area is 262 Å². The van der Waals surface area contributed by atoms with E-state index in [4.69, 9.17) is 14.1 Å². The maximum absolute atomic E-state index is 14.0. The molecule has 3 aromatic heterocycles. The minimum atomic E-state index is -0.291. The standard InChI is InChI=1S/C34H28FN5O4S/c1-18-38-39-33(44-18)28-22(13-10-19-8-11-20(35)12-9-19)36-31-24-6-4-16-40(24)34(42)30(31)29(28)26-14-15-27(45-26)32(41)37-23-17-43-25-7-3-2-5-21(23)25/h2-3,5,7-9,11-12,14-15,23-24H,4,6,10,13,16-17H2,1H3,(H,37,41)/t23-,24+/m0/s1. The molecule has 0 aliphatic carbocycles. The van der Waals surface area contributed by atoms with Crippen molar-refractivity contribution in [3.63, 3.8) is 0 Å². The number of halogens is 1. The van der Waals surface area contributed by atoms with Crippen LogP contribution in [-0.4, -0.2) is 45.0 Å². The van der Waals surface area contributed by atoms with Crippen LogP contribution in [0, 0.1) is 12.7 Å². The van der Waals surface area contributed by atoms with Gasteiger partial charge in [-0.2, -0.15) is 0 Å². The van der Waals surface area contributed by atoms with Crippen molar-refractivity contribution in [2.45, 2.75) is 44.7 Å². The Morgan fingerprint density at radius 1 is 1.04 bits per heavy atom. The van der Waals surface area contributed by atoms with E-state index in [2.05, 4.69) is 15.5 Å². The Kier molecular flexibility index (Phi) is 6.71. The molecular formula is C34H28FN5O4S. The fourth-order valence-electron chi connectivity index (χ4n) is 6.62. The zero-order valence-electron chi connectivity index (χ0n) is 24.4. The van der Waals surface area contributed by atoms with Gasteiger partial charge in [0.1, 0.15) is 18.2 Å². The van der Waals surface area contributed by atoms with Crippen LogP contribution in [0.15, 0.2) is 65.1 Å². The summed E-state index contributed by atoms with van der Waals surface area (Å²) < 4.78 is 25.4. The number of carbonyl (C=O) groups is 2. The summed E-state index contributed by atoms with van der Waals surface area (Å²) in [7, 11) is 0. The van der Waals surface area contributed by atoms with Crippen molar-refractivity contribution in [1.29, 1.82) is 0 Å². The summed E-state index contributed by atoms with van der Waals surface area (Å²) in [5.41, 5.74) is 5.16. The van der Waals surface area contributed by atoms with Gasteiger partial charge < -0.3 is 19.4 Å². The number of para-hydroxylation sites is 1. The average Bonchev–Trinajstić information content (AvgIpc) is 3.88. The summed E-state index contributed by atoms with van der Waals surface area (Å²) in [6.07, 6.45) is 2.85. The predicted molar refractivity (Wildman–Crippen MR) is 165 cm³/mol. The second kappa shape index (κ2) is 10.9. The van der Waals surface area contributed by atoms with E-state index in [0.29, 0.717) is 53.5 Å². The minimum absolute atomic E-state index is 0.0725. The van der Waals surface area contributed by atoms with Crippen LogP contribution in [0.25, 0.3) is 21.9 Å². The molecule has 1 fully saturated rings. The summed E-state index contributed by atoms with van der Waals surface area (Å²) in [4.78, 5) is 35.7. The summed E-state index contributed by atoms with van der Waals surface area (Å²) in [6, 6.07) is 17.4. The highest BCUT2D eigenvalue weighted by molar-refractivity contribution is 7.17. The molecule has 6 heterocycles. The van der Waals surface area contributed by atoms with Crippen LogP contribution in [0.3, 0.4) is 0 Å². The maximum atomic E-state index is 14.0. The van der Waals surface area contributed by atoms with E-state index < -0.39 is 0 Å². The van der Waals surface area contributed by atoms with Gasteiger partial charge in [-0.25, -0.2) is 4.39 Å². The molecule has 0 unspecified atom stereocenters. The topological polar surface area (TPSA) is 110 Å². The number of amides is 2. The van der Waals surface area contributed by atoms with E-state index in [1.165, 1.54) is 23.5 Å². The lowest BCUT2D eigenvalue weighted by molar-refractivity contribution is 0.0776. The van der Waals surface area contributed by atoms with Gasteiger partial charge in [0.25, 0.3) is 11.8 Å². The first-order chi connectivity index (χ1) is 21.9. The number of ether oxygens (including phenoxy) is 1. The lowest BCUT2D eigenvalue weighted by Gasteiger charge is -2.16. The number of fused-ring (bicyclic) bond motifs is 4. The Morgan fingerprint density at radius 3 is 2.71 bits per heavy atom. The first kappa shape index (κ1) is 27.6. The molecule has 9 nitrogen and oxygen atoms in total. The molecule has 11 heteroatoms. The third-order valence-electron chi connectivity index (χ3n) is 8.73. The number of pyridine rings is 1. The molecule has 8 rings (SSSR count). The summed E-state index contributed by atoms with van der Waals surface area (Å²) in [6.45, 7) is 2.75. The van der Waals surface area contributed by atoms with Crippen LogP contribution in [0.2, 0.25) is 0 Å². The third kappa shape index (κ3) is 4.78. The van der Waals surface area contributed by atoms with Crippen molar-refractivity contribution < 1.29 is 23.1 Å². The molecule has 0 spiro atoms. The lowest BCUT2D eigenvalue weighted by atomic mass is 9.93. The molecule has 0 bridgehead atoms. The van der Waals surface area contributed by atoms with Gasteiger partial charge in [-0.15, -0.1) is 21.5 Å². The Hall–Kier alpha value is -4.90. The quantitative estimate of drug-likeness (QED) is 0.229. The number of benzene rings is 2. The molecule has 2 aromatic carbocycles. The van der Waals surface area contributed by atoms with E-state index in [0.717, 1.165) is 46.0 Å². The second-order valence-electron chi connectivity index (χ2n) is 11.5. The molecule has 1 saturated heterocycles. The molecule has 2 amide bonds. The predicted octanol–water partition coefficient (Wildman–Crippen LogP) is 6.25. The van der Waals surface area contributed by atoms with Gasteiger partial charge in [0, 0.05) is 29.5 Å². The highest BCUT2D eigenvalue weighted by Crippen LogP contribution is 2.49. The highest BCUT2D eigenvalue weighted by atomic mass is 32.1. The van der Waals surface area contributed by atoms with Crippen molar-refractivity contribution >= 4 is 23.2 Å². The smallest absolute Gasteiger partial charge is 0.261 e. The Morgan fingerprint density at radius 2 is 1.89 bits per heavy atom. The molecule has 226 valence electrons. The normalized spacial score (nSPS) is 18.1. The zero-order chi connectivity index (χ0) is 30.7. The lowest BCUT2D eigenvalue weighted by Crippen LogP contribution is -2.28. The van der Waals surface area contributed by atoms with Gasteiger partial charge in [-0.05, 0) is 61.6 Å². The maximum Gasteiger partial charge on any atom is 0.261 e. The number of nitrogens with zero attached hydrogens (tertiary/aromatic N) is 4. The summed E-state index contributed by atoms with van der Waals surface area (Å²) in [5, 5.41) is 11.6. The first-order valence-corrected chi connectivity index (χ1v) is 15.8. The molecule has 0 saturated carbocycles. The van der Waals surface area contributed by atoms with Crippen molar-refractivity contribution in [3.8, 4) is 27.6 Å². The second-order valence-corrected chi connectivity index (χ2v) is 12.6. The van der Waals surface area contributed by atoms with Gasteiger partial charge in [-0.1, -0.05) is 30.3 Å². The van der Waals surface area contributed by atoms with E-state index >= 15 is 0 Å². The van der Waals surface area contributed by atoms with Gasteiger partial charge in [0.15, 0.2) is 0 Å². The summed E-state index contributed by atoms with van der Waals surface area (Å²) >= 11 is 1.31. The number of carbonyl (C=O) groups excluding carboxylic acids is 2. The number of hydrogen-bond donors (Lipinski definition) is 1. The zero-order valence-corrected chi connectivity index (χ0v) is 25.2. The van der Waals surface area contributed by atoms with Gasteiger partial charge in [-0.3, -0.25) is 14.6 Å². The first-order valence-electron chi connectivity index (χ1n) is 15.0. The van der Waals surface area contributed by atoms with E-state index in [1.807, 2.05) is 35.2 Å². The fraction of sp³-hybridized carbons (Fsp3) is 0.265. The molecule has 0 radical (unpaired) electrons. The number of nitrogens with one attached hydrogen (secondary N) is 1. The number of aromatic nitrogens is 3. The minimum Gasteiger partial charge on any atom is -0.491 e. The third-order valence-corrected chi connectivity index (χ3v) is 9.83. The van der Waals surface area contributed by atoms with Crippen molar-refractivity contribution in [1.82, 2.24) is 25.4 Å². The molecule has 5 aromatic rings. The largest absolute Gasteiger partial charge is 0.491 e. The van der Waals surface area contributed by atoms with E-state index in [1.54, 1.807) is 25.1 Å². The highest BCUT2D eigenvalue weighted by Gasteiger charge is 2.45. The molecular weight excluding hydrogens is 593 g/mol. The number of hydrogen-bond acceptors (Lipinski definition) is 8. The van der Waals surface area contributed by atoms with E-state index in [9.17, 15) is 14.0 Å². The van der Waals surface area contributed by atoms with E-state index in [-0.39, 0.29) is 35.6 Å². The molecule has 3 aliphatic rings. The van der Waals surface area contributed by atoms with Crippen LogP contribution >= 0.6 is 11.3 Å². The molecule has 1 N–H and O–H groups in total. The Balaban J connectivity index is 1.23. The fourth-order valence-corrected chi connectivity index (χ4v) is 7.59. The van der Waals surface area contributed by atoms with Crippen LogP contribution in [0.1, 0.15) is 73.4 Å².